The molecule has 1 aromatic carbocycles. The van der Waals surface area contributed by atoms with Gasteiger partial charge >= 0.3 is 0 Å². The molecule has 2 heterocycles. The molecule has 0 saturated heterocycles. The van der Waals surface area contributed by atoms with Crippen molar-refractivity contribution >= 4 is 23.2 Å². The van der Waals surface area contributed by atoms with Crippen LogP contribution in [0.3, 0.4) is 0 Å². The summed E-state index contributed by atoms with van der Waals surface area (Å²) in [6, 6.07) is 6.99. The second-order valence-corrected chi connectivity index (χ2v) is 5.33. The average Bonchev–Trinajstić information content (AvgIpc) is 2.81. The molecule has 3 aromatic rings. The van der Waals surface area contributed by atoms with Crippen LogP contribution in [0.15, 0.2) is 41.6 Å². The Morgan fingerprint density at radius 3 is 2.52 bits per heavy atom. The summed E-state index contributed by atoms with van der Waals surface area (Å²) in [6.07, 6.45) is 3.10. The average molecular weight is 321 g/mol. The molecule has 0 bridgehead atoms. The zero-order valence-corrected chi connectivity index (χ0v) is 12.5. The maximum atomic E-state index is 11.8. The number of H-pyrrole nitrogens is 1. The summed E-state index contributed by atoms with van der Waals surface area (Å²) in [5.41, 5.74) is 2.31. The molecular weight excluding hydrogens is 311 g/mol. The highest BCUT2D eigenvalue weighted by atomic mass is 35.5. The van der Waals surface area contributed by atoms with Crippen molar-refractivity contribution in [1.29, 1.82) is 0 Å². The second kappa shape index (κ2) is 5.35. The van der Waals surface area contributed by atoms with Gasteiger partial charge in [-0.15, -0.1) is 0 Å². The number of benzene rings is 1. The first-order chi connectivity index (χ1) is 10.0. The highest BCUT2D eigenvalue weighted by Gasteiger charge is 2.10. The van der Waals surface area contributed by atoms with Crippen LogP contribution >= 0.6 is 23.2 Å². The minimum atomic E-state index is -0.198. The Morgan fingerprint density at radius 2 is 1.86 bits per heavy atom. The monoisotopic (exact) mass is 320 g/mol. The highest BCUT2D eigenvalue weighted by molar-refractivity contribution is 6.42. The number of nitrogens with zero attached hydrogens (tertiary/aromatic N) is 3. The van der Waals surface area contributed by atoms with Crippen molar-refractivity contribution in [3.8, 4) is 22.5 Å². The van der Waals surface area contributed by atoms with Gasteiger partial charge in [0.1, 0.15) is 6.33 Å². The van der Waals surface area contributed by atoms with Gasteiger partial charge in [0.05, 0.1) is 27.0 Å². The lowest BCUT2D eigenvalue weighted by Crippen LogP contribution is -2.04. The van der Waals surface area contributed by atoms with E-state index < -0.39 is 0 Å². The first kappa shape index (κ1) is 13.9. The Morgan fingerprint density at radius 1 is 1.10 bits per heavy atom. The minimum Gasteiger partial charge on any atom is -0.295 e. The number of hydrogen-bond acceptors (Lipinski definition) is 3. The van der Waals surface area contributed by atoms with Crippen LogP contribution in [-0.4, -0.2) is 19.7 Å². The molecule has 0 spiro atoms. The zero-order valence-electron chi connectivity index (χ0n) is 11.0. The zero-order chi connectivity index (χ0) is 15.0. The summed E-state index contributed by atoms with van der Waals surface area (Å²) >= 11 is 11.9. The summed E-state index contributed by atoms with van der Waals surface area (Å²) in [4.78, 5) is 20.2. The Bertz CT molecular complexity index is 869. The van der Waals surface area contributed by atoms with Gasteiger partial charge in [0.25, 0.3) is 5.56 Å². The SMILES string of the molecule is Cn1cc(-c2cc(-c3ccc(Cl)c(Cl)c3)ncn2)c(=O)[nH]1. The maximum Gasteiger partial charge on any atom is 0.273 e. The Kier molecular flexibility index (Phi) is 3.53. The molecule has 0 aliphatic rings. The Hall–Kier alpha value is -2.11. The van der Waals surface area contributed by atoms with Gasteiger partial charge in [-0.25, -0.2) is 9.97 Å². The molecule has 1 N–H and O–H groups in total. The van der Waals surface area contributed by atoms with Gasteiger partial charge in [-0.1, -0.05) is 29.3 Å². The van der Waals surface area contributed by atoms with Crippen molar-refractivity contribution in [2.24, 2.45) is 7.05 Å². The molecule has 0 fully saturated rings. The van der Waals surface area contributed by atoms with Gasteiger partial charge in [-0.3, -0.25) is 14.6 Å². The molecule has 0 aliphatic carbocycles. The van der Waals surface area contributed by atoms with Gasteiger partial charge < -0.3 is 0 Å². The fourth-order valence-corrected chi connectivity index (χ4v) is 2.30. The van der Waals surface area contributed by atoms with Gasteiger partial charge in [-0.2, -0.15) is 0 Å². The van der Waals surface area contributed by atoms with E-state index in [2.05, 4.69) is 15.1 Å². The number of halogens is 2. The Balaban J connectivity index is 2.10. The first-order valence-corrected chi connectivity index (χ1v) is 6.83. The lowest BCUT2D eigenvalue weighted by Gasteiger charge is -2.04. The summed E-state index contributed by atoms with van der Waals surface area (Å²) in [7, 11) is 1.74. The van der Waals surface area contributed by atoms with Crippen LogP contribution in [0.4, 0.5) is 0 Å². The molecule has 0 atom stereocenters. The van der Waals surface area contributed by atoms with Gasteiger partial charge in [0.2, 0.25) is 0 Å². The van der Waals surface area contributed by atoms with Crippen molar-refractivity contribution in [1.82, 2.24) is 19.7 Å². The summed E-state index contributed by atoms with van der Waals surface area (Å²) < 4.78 is 1.58. The number of aromatic amines is 1. The van der Waals surface area contributed by atoms with Crippen LogP contribution in [0.5, 0.6) is 0 Å². The standard InChI is InChI=1S/C14H10Cl2N4O/c1-20-6-9(14(21)19-20)13-5-12(17-7-18-13)8-2-3-10(15)11(16)4-8/h2-7H,1H3,(H,19,21). The predicted molar refractivity (Wildman–Crippen MR) is 82.5 cm³/mol. The van der Waals surface area contributed by atoms with E-state index in [9.17, 15) is 4.79 Å². The lowest BCUT2D eigenvalue weighted by molar-refractivity contribution is 0.756. The van der Waals surface area contributed by atoms with Gasteiger partial charge in [0, 0.05) is 18.8 Å². The van der Waals surface area contributed by atoms with Crippen molar-refractivity contribution in [3.63, 3.8) is 0 Å². The molecule has 0 saturated carbocycles. The summed E-state index contributed by atoms with van der Waals surface area (Å²) in [5.74, 6) is 0. The van der Waals surface area contributed by atoms with Crippen LogP contribution in [-0.2, 0) is 7.05 Å². The van der Waals surface area contributed by atoms with E-state index in [1.165, 1.54) is 6.33 Å². The lowest BCUT2D eigenvalue weighted by atomic mass is 10.1. The molecule has 0 radical (unpaired) electrons. The van der Waals surface area contributed by atoms with E-state index in [-0.39, 0.29) is 5.56 Å². The summed E-state index contributed by atoms with van der Waals surface area (Å²) in [6.45, 7) is 0. The first-order valence-electron chi connectivity index (χ1n) is 6.08. The number of hydrogen-bond donors (Lipinski definition) is 1. The topological polar surface area (TPSA) is 63.6 Å². The van der Waals surface area contributed by atoms with E-state index in [1.807, 2.05) is 6.07 Å². The maximum absolute atomic E-state index is 11.8. The molecule has 0 unspecified atom stereocenters. The summed E-state index contributed by atoms with van der Waals surface area (Å²) in [5, 5.41) is 3.58. The van der Waals surface area contributed by atoms with Crippen LogP contribution < -0.4 is 5.56 Å². The Labute approximate surface area is 130 Å². The third-order valence-corrected chi connectivity index (χ3v) is 3.74. The normalized spacial score (nSPS) is 10.8. The predicted octanol–water partition coefficient (Wildman–Crippen LogP) is 3.14. The molecule has 106 valence electrons. The van der Waals surface area contributed by atoms with E-state index in [0.29, 0.717) is 27.0 Å². The number of aromatic nitrogens is 4. The van der Waals surface area contributed by atoms with Crippen molar-refractivity contribution < 1.29 is 0 Å². The third-order valence-electron chi connectivity index (χ3n) is 3.00. The third kappa shape index (κ3) is 2.70. The van der Waals surface area contributed by atoms with E-state index >= 15 is 0 Å². The fourth-order valence-electron chi connectivity index (χ4n) is 2.01. The smallest absolute Gasteiger partial charge is 0.273 e. The van der Waals surface area contributed by atoms with E-state index in [4.69, 9.17) is 23.2 Å². The van der Waals surface area contributed by atoms with Crippen LogP contribution in [0, 0.1) is 0 Å². The van der Waals surface area contributed by atoms with Gasteiger partial charge in [-0.05, 0) is 18.2 Å². The molecular formula is C14H10Cl2N4O. The molecule has 21 heavy (non-hydrogen) atoms. The largest absolute Gasteiger partial charge is 0.295 e. The molecule has 7 heteroatoms. The number of rotatable bonds is 2. The molecule has 0 amide bonds. The molecule has 3 rings (SSSR count). The van der Waals surface area contributed by atoms with Crippen LogP contribution in [0.1, 0.15) is 0 Å². The molecule has 0 aliphatic heterocycles. The second-order valence-electron chi connectivity index (χ2n) is 4.51. The van der Waals surface area contributed by atoms with Crippen LogP contribution in [0.2, 0.25) is 10.0 Å². The van der Waals surface area contributed by atoms with Crippen molar-refractivity contribution in [3.05, 3.63) is 57.2 Å². The minimum absolute atomic E-state index is 0.198. The fraction of sp³-hybridized carbons (Fsp3) is 0.0714. The van der Waals surface area contributed by atoms with Crippen molar-refractivity contribution in [2.75, 3.05) is 0 Å². The van der Waals surface area contributed by atoms with E-state index in [0.717, 1.165) is 5.56 Å². The highest BCUT2D eigenvalue weighted by Crippen LogP contribution is 2.28. The van der Waals surface area contributed by atoms with Crippen LogP contribution in [0.25, 0.3) is 22.5 Å². The van der Waals surface area contributed by atoms with E-state index in [1.54, 1.807) is 36.1 Å². The quantitative estimate of drug-likeness (QED) is 0.789. The van der Waals surface area contributed by atoms with Crippen molar-refractivity contribution in [2.45, 2.75) is 0 Å². The molecule has 5 nitrogen and oxygen atoms in total. The number of nitrogens with one attached hydrogen (secondary N) is 1. The number of aryl methyl sites for hydroxylation is 1. The molecule has 2 aromatic heterocycles. The van der Waals surface area contributed by atoms with Gasteiger partial charge in [0.15, 0.2) is 0 Å².